The van der Waals surface area contributed by atoms with E-state index in [0.29, 0.717) is 5.56 Å². The van der Waals surface area contributed by atoms with E-state index in [4.69, 9.17) is 4.98 Å². The largest absolute Gasteiger partial charge is 0.317 e. The lowest BCUT2D eigenvalue weighted by Crippen LogP contribution is -2.24. The molecule has 1 aliphatic carbocycles. The van der Waals surface area contributed by atoms with E-state index in [1.165, 1.54) is 11.1 Å². The minimum atomic E-state index is -0.151. The molecule has 174 valence electrons. The Hall–Kier alpha value is -4.17. The average Bonchev–Trinajstić information content (AvgIpc) is 3.20. The number of carbonyl (C=O) groups excluding carboxylic acids is 1. The number of para-hydroxylation sites is 1. The molecule has 1 amide bonds. The molecule has 5 rings (SSSR count). The van der Waals surface area contributed by atoms with Crippen LogP contribution in [0.25, 0.3) is 17.1 Å². The molecule has 2 aromatic carbocycles. The first-order valence-corrected chi connectivity index (χ1v) is 12.0. The van der Waals surface area contributed by atoms with Crippen LogP contribution < -0.4 is 4.90 Å². The number of nitrogens with zero attached hydrogens (tertiary/aromatic N) is 4. The van der Waals surface area contributed by atoms with Crippen LogP contribution >= 0.6 is 0 Å². The van der Waals surface area contributed by atoms with Crippen molar-refractivity contribution >= 4 is 28.7 Å². The van der Waals surface area contributed by atoms with Gasteiger partial charge in [-0.05, 0) is 74.1 Å². The number of hydrogen-bond acceptors (Lipinski definition) is 3. The van der Waals surface area contributed by atoms with Gasteiger partial charge in [0.15, 0.2) is 0 Å². The molecule has 0 radical (unpaired) electrons. The predicted octanol–water partition coefficient (Wildman–Crippen LogP) is 6.13. The monoisotopic (exact) mass is 460 g/mol. The molecule has 0 saturated carbocycles. The van der Waals surface area contributed by atoms with E-state index in [9.17, 15) is 10.1 Å². The minimum Gasteiger partial charge on any atom is -0.317 e. The highest BCUT2D eigenvalue weighted by Crippen LogP contribution is 2.39. The summed E-state index contributed by atoms with van der Waals surface area (Å²) in [6.07, 6.45) is 6.43. The van der Waals surface area contributed by atoms with Gasteiger partial charge in [0.2, 0.25) is 0 Å². The van der Waals surface area contributed by atoms with E-state index in [1.54, 1.807) is 24.1 Å². The van der Waals surface area contributed by atoms with Gasteiger partial charge in [0, 0.05) is 29.9 Å². The van der Waals surface area contributed by atoms with Gasteiger partial charge in [0.25, 0.3) is 5.91 Å². The van der Waals surface area contributed by atoms with Crippen LogP contribution in [0.4, 0.5) is 5.69 Å². The zero-order valence-corrected chi connectivity index (χ0v) is 20.3. The summed E-state index contributed by atoms with van der Waals surface area (Å²) in [5.74, 6) is -0.151. The molecule has 0 aliphatic heterocycles. The number of hydrogen-bond donors (Lipinski definition) is 0. The molecule has 0 saturated heterocycles. The summed E-state index contributed by atoms with van der Waals surface area (Å²) < 4.78 is 2.19. The molecule has 5 heteroatoms. The Morgan fingerprint density at radius 1 is 1.14 bits per heavy atom. The molecule has 1 atom stereocenters. The van der Waals surface area contributed by atoms with E-state index in [0.717, 1.165) is 52.9 Å². The highest BCUT2D eigenvalue weighted by Gasteiger charge is 2.28. The van der Waals surface area contributed by atoms with Crippen molar-refractivity contribution in [2.45, 2.75) is 39.2 Å². The van der Waals surface area contributed by atoms with Gasteiger partial charge in [-0.3, -0.25) is 4.79 Å². The van der Waals surface area contributed by atoms with Gasteiger partial charge in [0.1, 0.15) is 11.7 Å². The fourth-order valence-electron chi connectivity index (χ4n) is 5.29. The van der Waals surface area contributed by atoms with E-state index >= 15 is 0 Å². The van der Waals surface area contributed by atoms with E-state index in [-0.39, 0.29) is 11.9 Å². The zero-order valence-electron chi connectivity index (χ0n) is 20.3. The first-order valence-electron chi connectivity index (χ1n) is 12.0. The molecule has 1 aliphatic rings. The summed E-state index contributed by atoms with van der Waals surface area (Å²) >= 11 is 0. The van der Waals surface area contributed by atoms with Gasteiger partial charge in [0.05, 0.1) is 17.3 Å². The molecular formula is C30H28N4O. The van der Waals surface area contributed by atoms with Gasteiger partial charge in [-0.25, -0.2) is 4.98 Å². The number of amides is 1. The predicted molar refractivity (Wildman–Crippen MR) is 140 cm³/mol. The first-order chi connectivity index (χ1) is 17.0. The third-order valence-corrected chi connectivity index (χ3v) is 6.94. The average molecular weight is 461 g/mol. The molecule has 4 aromatic rings. The lowest BCUT2D eigenvalue weighted by molar-refractivity contribution is -0.113. The molecular weight excluding hydrogens is 432 g/mol. The molecule has 0 bridgehead atoms. The summed E-state index contributed by atoms with van der Waals surface area (Å²) in [7, 11) is 1.76. The Bertz CT molecular complexity index is 1490. The highest BCUT2D eigenvalue weighted by atomic mass is 16.2. The Morgan fingerprint density at radius 2 is 1.89 bits per heavy atom. The normalized spacial score (nSPS) is 15.2. The number of likely N-dealkylation sites (N-methyl/N-ethyl adjacent to an activating group) is 1. The molecule has 5 nitrogen and oxygen atoms in total. The number of carbonyl (C=O) groups is 1. The summed E-state index contributed by atoms with van der Waals surface area (Å²) in [4.78, 5) is 19.6. The maximum absolute atomic E-state index is 13.1. The van der Waals surface area contributed by atoms with Crippen molar-refractivity contribution < 1.29 is 4.79 Å². The first kappa shape index (κ1) is 22.6. The number of benzene rings is 2. The summed E-state index contributed by atoms with van der Waals surface area (Å²) in [5, 5.41) is 11.1. The Labute approximate surface area is 205 Å². The van der Waals surface area contributed by atoms with Crippen LogP contribution in [0.15, 0.2) is 66.7 Å². The maximum Gasteiger partial charge on any atom is 0.250 e. The van der Waals surface area contributed by atoms with E-state index in [1.807, 2.05) is 50.2 Å². The van der Waals surface area contributed by atoms with Crippen LogP contribution in [0.3, 0.4) is 0 Å². The van der Waals surface area contributed by atoms with Crippen LogP contribution in [-0.2, 0) is 11.2 Å². The van der Waals surface area contributed by atoms with Crippen molar-refractivity contribution in [1.82, 2.24) is 9.55 Å². The third-order valence-electron chi connectivity index (χ3n) is 6.94. The molecule has 0 unspecified atom stereocenters. The van der Waals surface area contributed by atoms with Crippen LogP contribution in [0.2, 0.25) is 0 Å². The molecule has 0 N–H and O–H groups in total. The maximum atomic E-state index is 13.1. The van der Waals surface area contributed by atoms with Gasteiger partial charge in [-0.2, -0.15) is 5.26 Å². The van der Waals surface area contributed by atoms with E-state index < -0.39 is 0 Å². The fraction of sp³-hybridized carbons (Fsp3) is 0.233. The number of aromatic nitrogens is 2. The molecule has 2 aromatic heterocycles. The zero-order chi connectivity index (χ0) is 24.5. The van der Waals surface area contributed by atoms with Crippen molar-refractivity contribution in [1.29, 1.82) is 5.26 Å². The Kier molecular flexibility index (Phi) is 5.96. The summed E-state index contributed by atoms with van der Waals surface area (Å²) in [5.41, 5.74) is 7.47. The number of pyridine rings is 1. The fourth-order valence-corrected chi connectivity index (χ4v) is 5.29. The smallest absolute Gasteiger partial charge is 0.250 e. The van der Waals surface area contributed by atoms with Crippen molar-refractivity contribution in [3.63, 3.8) is 0 Å². The molecule has 0 spiro atoms. The number of nitriles is 1. The van der Waals surface area contributed by atoms with Crippen molar-refractivity contribution in [2.24, 2.45) is 0 Å². The number of fused-ring (bicyclic) bond motifs is 2. The molecule has 35 heavy (non-hydrogen) atoms. The third kappa shape index (κ3) is 4.02. The topological polar surface area (TPSA) is 61.9 Å². The van der Waals surface area contributed by atoms with Gasteiger partial charge < -0.3 is 9.47 Å². The second-order valence-electron chi connectivity index (χ2n) is 9.19. The Morgan fingerprint density at radius 3 is 2.66 bits per heavy atom. The quantitative estimate of drug-likeness (QED) is 0.344. The van der Waals surface area contributed by atoms with Crippen LogP contribution in [0.5, 0.6) is 0 Å². The number of anilines is 1. The lowest BCUT2D eigenvalue weighted by atomic mass is 9.87. The Balaban J connectivity index is 1.69. The van der Waals surface area contributed by atoms with E-state index in [2.05, 4.69) is 34.9 Å². The van der Waals surface area contributed by atoms with Crippen LogP contribution in [0, 0.1) is 25.2 Å². The SMILES string of the molecule is Cc1cc(C)c2c(C#N)c(C=CC(=O)N(C)c3ccccc3)n([C@H]3CCCc4ccccc43)c2n1. The molecule has 2 heterocycles. The van der Waals surface area contributed by atoms with Crippen LogP contribution in [-0.4, -0.2) is 22.5 Å². The summed E-state index contributed by atoms with van der Waals surface area (Å²) in [6, 6.07) is 22.6. The molecule has 0 fully saturated rings. The minimum absolute atomic E-state index is 0.0554. The lowest BCUT2D eigenvalue weighted by Gasteiger charge is -2.28. The standard InChI is InChI=1S/C30H28N4O/c1-20-18-21(2)32-30-29(20)25(19-31)27(16-17-28(35)33(3)23-12-5-4-6-13-23)34(30)26-15-9-11-22-10-7-8-14-24(22)26/h4-8,10,12-14,16-18,26H,9,11,15H2,1-3H3/t26-/m0/s1. The van der Waals surface area contributed by atoms with Crippen LogP contribution in [0.1, 0.15) is 52.5 Å². The number of rotatable bonds is 4. The second kappa shape index (κ2) is 9.23. The van der Waals surface area contributed by atoms with Crippen molar-refractivity contribution in [2.75, 3.05) is 11.9 Å². The summed E-state index contributed by atoms with van der Waals surface area (Å²) in [6.45, 7) is 4.01. The van der Waals surface area contributed by atoms with Gasteiger partial charge in [-0.15, -0.1) is 0 Å². The van der Waals surface area contributed by atoms with Gasteiger partial charge in [-0.1, -0.05) is 42.5 Å². The van der Waals surface area contributed by atoms with Gasteiger partial charge >= 0.3 is 0 Å². The second-order valence-corrected chi connectivity index (χ2v) is 9.19. The van der Waals surface area contributed by atoms with Crippen molar-refractivity contribution in [3.05, 3.63) is 100 Å². The highest BCUT2D eigenvalue weighted by molar-refractivity contribution is 6.04. The number of aryl methyl sites for hydroxylation is 3. The van der Waals surface area contributed by atoms with Crippen molar-refractivity contribution in [3.8, 4) is 6.07 Å².